The van der Waals surface area contributed by atoms with Crippen molar-refractivity contribution >= 4 is 26.2 Å². The van der Waals surface area contributed by atoms with Crippen LogP contribution in [0.1, 0.15) is 31.2 Å². The maximum Gasteiger partial charge on any atom is 0.332 e. The fraction of sp³-hybridized carbons (Fsp3) is 0.615. The van der Waals surface area contributed by atoms with Crippen LogP contribution in [0.4, 0.5) is 0 Å². The largest absolute Gasteiger partial charge is 0.504 e. The summed E-state index contributed by atoms with van der Waals surface area (Å²) in [7, 11) is -2.98. The second-order valence-corrected chi connectivity index (χ2v) is 10.4. The molecule has 17 heteroatoms. The number of carbonyl (C=O) groups excluding carboxylic acids is 2. The average molecular weight is 637 g/mol. The van der Waals surface area contributed by atoms with Gasteiger partial charge in [0, 0.05) is 45.2 Å². The molecule has 244 valence electrons. The monoisotopic (exact) mass is 636 g/mol. The number of hydrogen-bond donors (Lipinski definition) is 8. The molecule has 1 saturated carbocycles. The summed E-state index contributed by atoms with van der Waals surface area (Å²) in [5.74, 6) is -2.41. The lowest BCUT2D eigenvalue weighted by Gasteiger charge is -2.40. The number of aromatic hydroxyl groups is 2. The van der Waals surface area contributed by atoms with Crippen molar-refractivity contribution in [1.29, 1.82) is 0 Å². The van der Waals surface area contributed by atoms with Crippen molar-refractivity contribution in [2.24, 2.45) is 0 Å². The molecule has 8 N–H and O–H groups in total. The highest BCUT2D eigenvalue weighted by atomic mass is 31.1. The summed E-state index contributed by atoms with van der Waals surface area (Å²) >= 11 is 0. The molecule has 43 heavy (non-hydrogen) atoms. The lowest BCUT2D eigenvalue weighted by Crippen LogP contribution is -2.59. The Morgan fingerprint density at radius 2 is 1.58 bits per heavy atom. The Morgan fingerprint density at radius 1 is 0.953 bits per heavy atom. The molecule has 0 heterocycles. The van der Waals surface area contributed by atoms with Gasteiger partial charge in [0.25, 0.3) is 5.91 Å². The maximum atomic E-state index is 12.7. The van der Waals surface area contributed by atoms with Gasteiger partial charge in [-0.05, 0) is 36.6 Å². The SMILES string of the molecule is O=C(/C=C/c1ccc(O)c(O)c1)OC1CC(O)(C(=O)NCCCOCCOCCOCCCNO[PH](=O)O)CC(O)C1O. The first-order valence-electron chi connectivity index (χ1n) is 13.6. The van der Waals surface area contributed by atoms with Crippen molar-refractivity contribution in [3.63, 3.8) is 0 Å². The third-order valence-electron chi connectivity index (χ3n) is 6.18. The summed E-state index contributed by atoms with van der Waals surface area (Å²) < 4.78 is 35.9. The molecule has 0 saturated heterocycles. The van der Waals surface area contributed by atoms with Crippen molar-refractivity contribution in [1.82, 2.24) is 10.8 Å². The molecule has 0 spiro atoms. The lowest BCUT2D eigenvalue weighted by molar-refractivity contribution is -0.187. The Bertz CT molecular complexity index is 1060. The van der Waals surface area contributed by atoms with Gasteiger partial charge >= 0.3 is 14.2 Å². The van der Waals surface area contributed by atoms with Crippen LogP contribution in [0, 0.1) is 0 Å². The number of nitrogens with one attached hydrogen (secondary N) is 2. The zero-order valence-corrected chi connectivity index (χ0v) is 24.6. The Kier molecular flexibility index (Phi) is 16.7. The van der Waals surface area contributed by atoms with E-state index < -0.39 is 56.9 Å². The molecular weight excluding hydrogens is 595 g/mol. The highest BCUT2D eigenvalue weighted by Gasteiger charge is 2.50. The molecule has 16 nitrogen and oxygen atoms in total. The molecule has 1 aliphatic carbocycles. The number of carbonyl (C=O) groups is 2. The van der Waals surface area contributed by atoms with Gasteiger partial charge in [-0.1, -0.05) is 6.07 Å². The van der Waals surface area contributed by atoms with E-state index >= 15 is 0 Å². The van der Waals surface area contributed by atoms with Crippen LogP contribution >= 0.6 is 8.25 Å². The smallest absolute Gasteiger partial charge is 0.332 e. The fourth-order valence-electron chi connectivity index (χ4n) is 3.99. The van der Waals surface area contributed by atoms with Gasteiger partial charge in [-0.2, -0.15) is 5.48 Å². The molecule has 2 rings (SSSR count). The summed E-state index contributed by atoms with van der Waals surface area (Å²) in [6, 6.07) is 3.88. The Labute approximate surface area is 249 Å². The van der Waals surface area contributed by atoms with Gasteiger partial charge in [0.2, 0.25) is 0 Å². The molecule has 1 fully saturated rings. The number of aliphatic hydroxyl groups excluding tert-OH is 2. The molecule has 5 atom stereocenters. The van der Waals surface area contributed by atoms with Gasteiger partial charge in [-0.25, -0.2) is 9.42 Å². The fourth-order valence-corrected chi connectivity index (χ4v) is 4.21. The van der Waals surface area contributed by atoms with E-state index in [0.29, 0.717) is 64.6 Å². The van der Waals surface area contributed by atoms with Crippen LogP contribution in [0.5, 0.6) is 11.5 Å². The second-order valence-electron chi connectivity index (χ2n) is 9.62. The number of phenols is 2. The van der Waals surface area contributed by atoms with Crippen LogP contribution in [-0.4, -0.2) is 119 Å². The third-order valence-corrected chi connectivity index (χ3v) is 6.50. The number of phenolic OH excluding ortho intramolecular Hbond substituents is 2. The number of ether oxygens (including phenoxy) is 4. The van der Waals surface area contributed by atoms with Gasteiger partial charge in [-0.3, -0.25) is 9.36 Å². The van der Waals surface area contributed by atoms with Crippen molar-refractivity contribution in [3.8, 4) is 11.5 Å². The van der Waals surface area contributed by atoms with E-state index in [-0.39, 0.29) is 18.0 Å². The van der Waals surface area contributed by atoms with E-state index in [1.807, 2.05) is 0 Å². The Morgan fingerprint density at radius 3 is 2.21 bits per heavy atom. The minimum absolute atomic E-state index is 0.163. The molecular formula is C26H41N2O14P. The summed E-state index contributed by atoms with van der Waals surface area (Å²) in [5, 5.41) is 52.8. The third kappa shape index (κ3) is 14.1. The zero-order valence-electron chi connectivity index (χ0n) is 23.6. The number of amides is 1. The summed E-state index contributed by atoms with van der Waals surface area (Å²) in [6.45, 7) is 2.67. The average Bonchev–Trinajstić information content (AvgIpc) is 2.95. The van der Waals surface area contributed by atoms with Crippen LogP contribution in [0.15, 0.2) is 24.3 Å². The summed E-state index contributed by atoms with van der Waals surface area (Å²) in [5.41, 5.74) is 0.635. The van der Waals surface area contributed by atoms with Crippen LogP contribution in [0.25, 0.3) is 6.08 Å². The highest BCUT2D eigenvalue weighted by Crippen LogP contribution is 2.31. The van der Waals surface area contributed by atoms with Crippen molar-refractivity contribution in [2.45, 2.75) is 49.6 Å². The number of hydrogen-bond acceptors (Lipinski definition) is 14. The van der Waals surface area contributed by atoms with Crippen molar-refractivity contribution < 1.29 is 68.2 Å². The topological polar surface area (TPSA) is 243 Å². The molecule has 0 radical (unpaired) electrons. The van der Waals surface area contributed by atoms with Crippen LogP contribution in [0.3, 0.4) is 0 Å². The zero-order chi connectivity index (χ0) is 31.7. The van der Waals surface area contributed by atoms with E-state index in [4.69, 9.17) is 23.8 Å². The number of rotatable bonds is 20. The van der Waals surface area contributed by atoms with E-state index in [1.54, 1.807) is 0 Å². The highest BCUT2D eigenvalue weighted by molar-refractivity contribution is 7.32. The number of esters is 1. The molecule has 0 bridgehead atoms. The minimum atomic E-state index is -2.98. The lowest BCUT2D eigenvalue weighted by atomic mass is 9.79. The Hall–Kier alpha value is -2.63. The van der Waals surface area contributed by atoms with Crippen LogP contribution < -0.4 is 10.8 Å². The first-order chi connectivity index (χ1) is 20.5. The second kappa shape index (κ2) is 19.6. The molecule has 1 aliphatic rings. The molecule has 0 aliphatic heterocycles. The predicted molar refractivity (Wildman–Crippen MR) is 150 cm³/mol. The first-order valence-corrected chi connectivity index (χ1v) is 14.9. The van der Waals surface area contributed by atoms with E-state index in [2.05, 4.69) is 15.4 Å². The quantitative estimate of drug-likeness (QED) is 0.0216. The molecule has 5 unspecified atom stereocenters. The number of hydroxylamine groups is 1. The van der Waals surface area contributed by atoms with Crippen molar-refractivity contribution in [2.75, 3.05) is 52.7 Å². The summed E-state index contributed by atoms with van der Waals surface area (Å²) in [6.07, 6.45) is -1.98. The van der Waals surface area contributed by atoms with Gasteiger partial charge in [0.1, 0.15) is 17.8 Å². The Balaban J connectivity index is 1.60. The van der Waals surface area contributed by atoms with Gasteiger partial charge in [0.15, 0.2) is 11.5 Å². The maximum absolute atomic E-state index is 12.7. The molecule has 1 aromatic carbocycles. The van der Waals surface area contributed by atoms with Crippen LogP contribution in [0.2, 0.25) is 0 Å². The van der Waals surface area contributed by atoms with E-state index in [0.717, 1.165) is 6.08 Å². The normalized spacial score (nSPS) is 22.8. The number of aliphatic hydroxyl groups is 3. The van der Waals surface area contributed by atoms with Crippen molar-refractivity contribution in [3.05, 3.63) is 29.8 Å². The van der Waals surface area contributed by atoms with Crippen LogP contribution in [-0.2, 0) is 37.7 Å². The standard InChI is InChI=1S/C26H41N2O14P/c29-19-5-3-18(15-20(19)30)4-6-23(32)41-22-17-26(35,16-21(31)24(22)33)25(34)27-7-1-9-38-11-13-40-14-12-39-10-2-8-28-42-43(36)37/h3-6,15,21-22,24,28-31,33,35,43H,1-2,7-14,16-17H2,(H,27,34)(H,36,37)/b6-4+. The van der Waals surface area contributed by atoms with Gasteiger partial charge in [0.05, 0.1) is 32.5 Å². The first kappa shape index (κ1) is 36.6. The number of benzene rings is 1. The van der Waals surface area contributed by atoms with E-state index in [1.165, 1.54) is 24.3 Å². The van der Waals surface area contributed by atoms with E-state index in [9.17, 15) is 39.7 Å². The molecule has 1 amide bonds. The summed E-state index contributed by atoms with van der Waals surface area (Å²) in [4.78, 5) is 33.4. The predicted octanol–water partition coefficient (Wildman–Crippen LogP) is -0.881. The minimum Gasteiger partial charge on any atom is -0.504 e. The van der Waals surface area contributed by atoms with Gasteiger partial charge in [-0.15, -0.1) is 0 Å². The molecule has 0 aromatic heterocycles. The molecule has 1 aromatic rings. The van der Waals surface area contributed by atoms with Gasteiger partial charge < -0.3 is 54.7 Å².